The SMILES string of the molecule is C=CC(=O)C=C(O)C=C. The summed E-state index contributed by atoms with van der Waals surface area (Å²) in [6, 6.07) is 0. The Hall–Kier alpha value is -1.31. The Labute approximate surface area is 53.8 Å². The number of ketones is 1. The molecule has 0 saturated heterocycles. The molecule has 0 aromatic heterocycles. The molecule has 0 aromatic carbocycles. The summed E-state index contributed by atoms with van der Waals surface area (Å²) in [5, 5.41) is 8.63. The van der Waals surface area contributed by atoms with E-state index in [9.17, 15) is 4.79 Å². The first-order valence-corrected chi connectivity index (χ1v) is 2.40. The van der Waals surface area contributed by atoms with E-state index in [1.807, 2.05) is 0 Å². The van der Waals surface area contributed by atoms with E-state index >= 15 is 0 Å². The van der Waals surface area contributed by atoms with Gasteiger partial charge in [0, 0.05) is 6.08 Å². The van der Waals surface area contributed by atoms with Crippen molar-refractivity contribution in [3.63, 3.8) is 0 Å². The lowest BCUT2D eigenvalue weighted by Crippen LogP contribution is -1.86. The molecular formula is C7H8O2. The fraction of sp³-hybridized carbons (Fsp3) is 0. The molecule has 2 nitrogen and oxygen atoms in total. The normalized spacial score (nSPS) is 10.4. The average molecular weight is 124 g/mol. The van der Waals surface area contributed by atoms with Crippen LogP contribution in [0.15, 0.2) is 37.1 Å². The van der Waals surface area contributed by atoms with Gasteiger partial charge in [0.05, 0.1) is 0 Å². The van der Waals surface area contributed by atoms with Gasteiger partial charge in [-0.05, 0) is 12.2 Å². The number of allylic oxidation sites excluding steroid dienone is 3. The monoisotopic (exact) mass is 124 g/mol. The van der Waals surface area contributed by atoms with Crippen LogP contribution in [0.5, 0.6) is 0 Å². The van der Waals surface area contributed by atoms with E-state index in [0.717, 1.165) is 12.2 Å². The number of aliphatic hydroxyl groups excluding tert-OH is 1. The van der Waals surface area contributed by atoms with Crippen LogP contribution in [0.25, 0.3) is 0 Å². The summed E-state index contributed by atoms with van der Waals surface area (Å²) in [5.41, 5.74) is 0. The van der Waals surface area contributed by atoms with Crippen molar-refractivity contribution in [2.75, 3.05) is 0 Å². The fourth-order valence-electron chi connectivity index (χ4n) is 0.264. The van der Waals surface area contributed by atoms with Crippen molar-refractivity contribution in [1.82, 2.24) is 0 Å². The molecule has 0 spiro atoms. The second-order valence-corrected chi connectivity index (χ2v) is 1.38. The van der Waals surface area contributed by atoms with Crippen molar-refractivity contribution in [2.24, 2.45) is 0 Å². The van der Waals surface area contributed by atoms with Gasteiger partial charge in [-0.25, -0.2) is 0 Å². The summed E-state index contributed by atoms with van der Waals surface area (Å²) < 4.78 is 0. The van der Waals surface area contributed by atoms with Crippen LogP contribution in [-0.4, -0.2) is 10.9 Å². The first kappa shape index (κ1) is 7.69. The van der Waals surface area contributed by atoms with Gasteiger partial charge in [-0.1, -0.05) is 13.2 Å². The van der Waals surface area contributed by atoms with Gasteiger partial charge in [0.1, 0.15) is 5.76 Å². The zero-order chi connectivity index (χ0) is 7.28. The van der Waals surface area contributed by atoms with Gasteiger partial charge in [-0.2, -0.15) is 0 Å². The lowest BCUT2D eigenvalue weighted by molar-refractivity contribution is -0.110. The third kappa shape index (κ3) is 3.29. The minimum atomic E-state index is -0.326. The molecule has 9 heavy (non-hydrogen) atoms. The van der Waals surface area contributed by atoms with Gasteiger partial charge < -0.3 is 5.11 Å². The highest BCUT2D eigenvalue weighted by atomic mass is 16.3. The molecule has 1 N–H and O–H groups in total. The standard InChI is InChI=1S/C7H8O2/c1-3-6(8)5-7(9)4-2/h3-5,8H,1-2H2. The van der Waals surface area contributed by atoms with Crippen LogP contribution >= 0.6 is 0 Å². The lowest BCUT2D eigenvalue weighted by Gasteiger charge is -1.84. The molecule has 0 saturated carbocycles. The molecule has 0 unspecified atom stereocenters. The highest BCUT2D eigenvalue weighted by Crippen LogP contribution is 1.88. The highest BCUT2D eigenvalue weighted by Gasteiger charge is 1.88. The first-order chi connectivity index (χ1) is 4.20. The predicted molar refractivity (Wildman–Crippen MR) is 36.1 cm³/mol. The Bertz CT molecular complexity index is 166. The van der Waals surface area contributed by atoms with E-state index in [1.54, 1.807) is 0 Å². The van der Waals surface area contributed by atoms with Gasteiger partial charge in [0.2, 0.25) is 0 Å². The van der Waals surface area contributed by atoms with Crippen LogP contribution in [0.3, 0.4) is 0 Å². The maximum absolute atomic E-state index is 10.4. The van der Waals surface area contributed by atoms with Crippen LogP contribution < -0.4 is 0 Å². The first-order valence-electron chi connectivity index (χ1n) is 2.40. The molecule has 0 bridgehead atoms. The van der Waals surface area contributed by atoms with Crippen molar-refractivity contribution in [2.45, 2.75) is 0 Å². The number of hydrogen-bond donors (Lipinski definition) is 1. The Morgan fingerprint density at radius 3 is 2.22 bits per heavy atom. The number of carbonyl (C=O) groups is 1. The summed E-state index contributed by atoms with van der Waals surface area (Å²) in [6.45, 7) is 6.45. The van der Waals surface area contributed by atoms with Crippen molar-refractivity contribution >= 4 is 5.78 Å². The molecule has 0 aliphatic rings. The van der Waals surface area contributed by atoms with E-state index < -0.39 is 0 Å². The number of aliphatic hydroxyl groups is 1. The summed E-state index contributed by atoms with van der Waals surface area (Å²) in [4.78, 5) is 10.4. The maximum Gasteiger partial charge on any atom is 0.181 e. The van der Waals surface area contributed by atoms with Crippen LogP contribution in [0.4, 0.5) is 0 Å². The van der Waals surface area contributed by atoms with Gasteiger partial charge in [0.25, 0.3) is 0 Å². The van der Waals surface area contributed by atoms with E-state index in [4.69, 9.17) is 5.11 Å². The van der Waals surface area contributed by atoms with E-state index in [1.165, 1.54) is 6.08 Å². The molecule has 0 aromatic rings. The largest absolute Gasteiger partial charge is 0.508 e. The quantitative estimate of drug-likeness (QED) is 0.350. The molecule has 48 valence electrons. The number of carbonyl (C=O) groups excluding carboxylic acids is 1. The van der Waals surface area contributed by atoms with Crippen LogP contribution in [0, 0.1) is 0 Å². The second-order valence-electron chi connectivity index (χ2n) is 1.38. The van der Waals surface area contributed by atoms with Crippen LogP contribution in [0.1, 0.15) is 0 Å². The summed E-state index contributed by atoms with van der Waals surface area (Å²) in [7, 11) is 0. The maximum atomic E-state index is 10.4. The Morgan fingerprint density at radius 1 is 1.33 bits per heavy atom. The molecule has 0 amide bonds. The van der Waals surface area contributed by atoms with Gasteiger partial charge >= 0.3 is 0 Å². The van der Waals surface area contributed by atoms with Crippen molar-refractivity contribution in [3.8, 4) is 0 Å². The van der Waals surface area contributed by atoms with Crippen molar-refractivity contribution in [1.29, 1.82) is 0 Å². The molecular weight excluding hydrogens is 116 g/mol. The highest BCUT2D eigenvalue weighted by molar-refractivity contribution is 5.99. The molecule has 0 rings (SSSR count). The third-order valence-electron chi connectivity index (χ3n) is 0.700. The van der Waals surface area contributed by atoms with Crippen LogP contribution in [-0.2, 0) is 4.79 Å². The van der Waals surface area contributed by atoms with Crippen LogP contribution in [0.2, 0.25) is 0 Å². The van der Waals surface area contributed by atoms with Crippen molar-refractivity contribution < 1.29 is 9.90 Å². The number of rotatable bonds is 3. The topological polar surface area (TPSA) is 37.3 Å². The Morgan fingerprint density at radius 2 is 1.89 bits per heavy atom. The molecule has 2 heteroatoms. The summed E-state index contributed by atoms with van der Waals surface area (Å²) in [6.07, 6.45) is 3.33. The van der Waals surface area contributed by atoms with Gasteiger partial charge in [0.15, 0.2) is 5.78 Å². The average Bonchev–Trinajstić information content (AvgIpc) is 1.87. The molecule has 0 aliphatic heterocycles. The molecule has 0 aliphatic carbocycles. The molecule has 0 atom stereocenters. The van der Waals surface area contributed by atoms with Gasteiger partial charge in [-0.15, -0.1) is 0 Å². The predicted octanol–water partition coefficient (Wildman–Crippen LogP) is 1.37. The second kappa shape index (κ2) is 3.66. The summed E-state index contributed by atoms with van der Waals surface area (Å²) >= 11 is 0. The van der Waals surface area contributed by atoms with E-state index in [-0.39, 0.29) is 11.5 Å². The lowest BCUT2D eigenvalue weighted by atomic mass is 10.3. The van der Waals surface area contributed by atoms with Gasteiger partial charge in [-0.3, -0.25) is 4.79 Å². The zero-order valence-corrected chi connectivity index (χ0v) is 5.00. The molecule has 0 radical (unpaired) electrons. The molecule has 0 heterocycles. The third-order valence-corrected chi connectivity index (χ3v) is 0.700. The molecule has 0 fully saturated rings. The fourth-order valence-corrected chi connectivity index (χ4v) is 0.264. The van der Waals surface area contributed by atoms with E-state index in [2.05, 4.69) is 13.2 Å². The minimum Gasteiger partial charge on any atom is -0.508 e. The Kier molecular flexibility index (Phi) is 3.13. The zero-order valence-electron chi connectivity index (χ0n) is 5.00. The van der Waals surface area contributed by atoms with E-state index in [0.29, 0.717) is 0 Å². The Balaban J connectivity index is 4.10. The van der Waals surface area contributed by atoms with Crippen molar-refractivity contribution in [3.05, 3.63) is 37.1 Å². The minimum absolute atomic E-state index is 0.139. The number of hydrogen-bond acceptors (Lipinski definition) is 2. The smallest absolute Gasteiger partial charge is 0.181 e. The summed E-state index contributed by atoms with van der Waals surface area (Å²) in [5.74, 6) is -0.465.